The number of nitrogens with zero attached hydrogens (tertiary/aromatic N) is 2. The summed E-state index contributed by atoms with van der Waals surface area (Å²) in [6, 6.07) is 5.75. The zero-order valence-electron chi connectivity index (χ0n) is 13.4. The molecule has 0 spiro atoms. The molecule has 0 unspecified atom stereocenters. The van der Waals surface area contributed by atoms with Gasteiger partial charge in [-0.05, 0) is 24.6 Å². The molecule has 1 amide bonds. The molecule has 5 nitrogen and oxygen atoms in total. The lowest BCUT2D eigenvalue weighted by Gasteiger charge is -2.12. The first kappa shape index (κ1) is 15.6. The third-order valence-corrected chi connectivity index (χ3v) is 4.93. The number of imidazole rings is 1. The van der Waals surface area contributed by atoms with Gasteiger partial charge >= 0.3 is 0 Å². The maximum Gasteiger partial charge on any atom is 0.252 e. The van der Waals surface area contributed by atoms with Crippen LogP contribution in [-0.4, -0.2) is 22.6 Å². The molecule has 3 rings (SSSR count). The van der Waals surface area contributed by atoms with E-state index in [4.69, 9.17) is 4.74 Å². The number of amides is 1. The van der Waals surface area contributed by atoms with Crippen molar-refractivity contribution in [3.8, 4) is 5.75 Å². The Morgan fingerprint density at radius 1 is 1.43 bits per heavy atom. The van der Waals surface area contributed by atoms with Crippen molar-refractivity contribution in [2.45, 2.75) is 19.9 Å². The van der Waals surface area contributed by atoms with E-state index >= 15 is 0 Å². The number of hydrogen-bond donors (Lipinski definition) is 1. The predicted octanol–water partition coefficient (Wildman–Crippen LogP) is 3.14. The number of carbonyl (C=O) groups excluding carboxylic acids is 1. The Balaban J connectivity index is 1.86. The summed E-state index contributed by atoms with van der Waals surface area (Å²) >= 11 is 1.61. The third-order valence-electron chi connectivity index (χ3n) is 3.85. The number of benzene rings is 1. The van der Waals surface area contributed by atoms with Gasteiger partial charge in [-0.2, -0.15) is 0 Å². The van der Waals surface area contributed by atoms with Crippen LogP contribution in [0.25, 0.3) is 11.0 Å². The number of carbonyl (C=O) groups is 1. The van der Waals surface area contributed by atoms with Crippen molar-refractivity contribution in [2.24, 2.45) is 7.05 Å². The van der Waals surface area contributed by atoms with Crippen molar-refractivity contribution >= 4 is 28.3 Å². The van der Waals surface area contributed by atoms with E-state index in [9.17, 15) is 4.79 Å². The molecule has 0 saturated carbocycles. The third kappa shape index (κ3) is 2.94. The first-order valence-electron chi connectivity index (χ1n) is 7.46. The number of methoxy groups -OCH3 is 1. The van der Waals surface area contributed by atoms with Crippen molar-refractivity contribution in [1.29, 1.82) is 0 Å². The lowest BCUT2D eigenvalue weighted by molar-refractivity contribution is 0.0951. The van der Waals surface area contributed by atoms with Gasteiger partial charge in [0.1, 0.15) is 5.75 Å². The average molecular weight is 329 g/mol. The van der Waals surface area contributed by atoms with Gasteiger partial charge < -0.3 is 14.6 Å². The highest BCUT2D eigenvalue weighted by atomic mass is 32.1. The molecule has 0 fully saturated rings. The Kier molecular flexibility index (Phi) is 4.34. The van der Waals surface area contributed by atoms with Crippen LogP contribution >= 0.6 is 11.3 Å². The van der Waals surface area contributed by atoms with E-state index in [1.807, 2.05) is 35.2 Å². The van der Waals surface area contributed by atoms with Gasteiger partial charge in [0.25, 0.3) is 5.91 Å². The Hall–Kier alpha value is -2.34. The Bertz CT molecular complexity index is 851. The summed E-state index contributed by atoms with van der Waals surface area (Å²) in [5, 5.41) is 4.88. The molecule has 0 bridgehead atoms. The van der Waals surface area contributed by atoms with E-state index in [2.05, 4.69) is 17.2 Å². The number of nitrogens with one attached hydrogen (secondary N) is 1. The molecule has 1 N–H and O–H groups in total. The quantitative estimate of drug-likeness (QED) is 0.782. The molecule has 23 heavy (non-hydrogen) atoms. The lowest BCUT2D eigenvalue weighted by atomic mass is 10.1. The maximum atomic E-state index is 12.3. The van der Waals surface area contributed by atoms with Crippen LogP contribution in [0.3, 0.4) is 0 Å². The van der Waals surface area contributed by atoms with Crippen LogP contribution < -0.4 is 10.1 Å². The van der Waals surface area contributed by atoms with Crippen LogP contribution in [-0.2, 0) is 20.0 Å². The number of fused-ring (bicyclic) bond motifs is 1. The summed E-state index contributed by atoms with van der Waals surface area (Å²) in [5.74, 6) is 0.683. The van der Waals surface area contributed by atoms with Crippen LogP contribution in [0.2, 0.25) is 0 Å². The molecular weight excluding hydrogens is 310 g/mol. The van der Waals surface area contributed by atoms with Crippen LogP contribution in [0.4, 0.5) is 0 Å². The Morgan fingerprint density at radius 3 is 2.96 bits per heavy atom. The van der Waals surface area contributed by atoms with Gasteiger partial charge in [0, 0.05) is 29.4 Å². The molecule has 0 saturated heterocycles. The first-order valence-corrected chi connectivity index (χ1v) is 8.34. The summed E-state index contributed by atoms with van der Waals surface area (Å²) in [5.41, 5.74) is 3.51. The average Bonchev–Trinajstić information content (AvgIpc) is 3.19. The van der Waals surface area contributed by atoms with Gasteiger partial charge in [0.05, 0.1) is 30.0 Å². The highest BCUT2D eigenvalue weighted by Gasteiger charge is 2.14. The van der Waals surface area contributed by atoms with E-state index in [0.29, 0.717) is 12.1 Å². The fourth-order valence-corrected chi connectivity index (χ4v) is 3.44. The largest absolute Gasteiger partial charge is 0.496 e. The van der Waals surface area contributed by atoms with Crippen molar-refractivity contribution < 1.29 is 9.53 Å². The molecule has 2 aromatic heterocycles. The summed E-state index contributed by atoms with van der Waals surface area (Å²) in [4.78, 5) is 17.9. The van der Waals surface area contributed by atoms with Crippen molar-refractivity contribution in [3.05, 3.63) is 45.9 Å². The number of rotatable bonds is 5. The minimum absolute atomic E-state index is 0.0674. The van der Waals surface area contributed by atoms with Gasteiger partial charge in [0.2, 0.25) is 0 Å². The molecule has 0 atom stereocenters. The number of ether oxygens (including phenoxy) is 1. The van der Waals surface area contributed by atoms with Crippen molar-refractivity contribution in [1.82, 2.24) is 14.9 Å². The van der Waals surface area contributed by atoms with Crippen LogP contribution in [0.15, 0.2) is 29.9 Å². The molecular formula is C17H19N3O2S. The van der Waals surface area contributed by atoms with Gasteiger partial charge in [-0.25, -0.2) is 4.98 Å². The van der Waals surface area contributed by atoms with Gasteiger partial charge in [-0.3, -0.25) is 4.79 Å². The summed E-state index contributed by atoms with van der Waals surface area (Å²) in [7, 11) is 3.57. The van der Waals surface area contributed by atoms with E-state index in [0.717, 1.165) is 28.8 Å². The van der Waals surface area contributed by atoms with Gasteiger partial charge in [-0.15, -0.1) is 11.3 Å². The normalized spacial score (nSPS) is 10.9. The zero-order valence-corrected chi connectivity index (χ0v) is 14.2. The fourth-order valence-electron chi connectivity index (χ4n) is 2.63. The fraction of sp³-hybridized carbons (Fsp3) is 0.294. The molecule has 0 aliphatic heterocycles. The maximum absolute atomic E-state index is 12.3. The van der Waals surface area contributed by atoms with E-state index < -0.39 is 0 Å². The van der Waals surface area contributed by atoms with Crippen molar-refractivity contribution in [2.75, 3.05) is 7.11 Å². The second-order valence-corrected chi connectivity index (χ2v) is 6.30. The molecule has 1 aromatic carbocycles. The monoisotopic (exact) mass is 329 g/mol. The van der Waals surface area contributed by atoms with E-state index in [-0.39, 0.29) is 5.91 Å². The molecule has 3 aromatic rings. The number of aryl methyl sites for hydroxylation is 2. The summed E-state index contributed by atoms with van der Waals surface area (Å²) in [6.45, 7) is 2.48. The summed E-state index contributed by atoms with van der Waals surface area (Å²) in [6.07, 6.45) is 2.71. The lowest BCUT2D eigenvalue weighted by Crippen LogP contribution is -2.23. The number of aromatic nitrogens is 2. The molecule has 0 radical (unpaired) electrons. The van der Waals surface area contributed by atoms with E-state index in [1.165, 1.54) is 4.88 Å². The van der Waals surface area contributed by atoms with Gasteiger partial charge in [-0.1, -0.05) is 6.92 Å². The SMILES string of the molecule is CCc1cc(C(=O)NCc2c(OC)ccc3ncn(C)c23)cs1. The molecule has 6 heteroatoms. The summed E-state index contributed by atoms with van der Waals surface area (Å²) < 4.78 is 7.39. The Labute approximate surface area is 138 Å². The topological polar surface area (TPSA) is 56.1 Å². The second kappa shape index (κ2) is 6.42. The number of hydrogen-bond acceptors (Lipinski definition) is 4. The highest BCUT2D eigenvalue weighted by molar-refractivity contribution is 7.10. The minimum atomic E-state index is -0.0674. The predicted molar refractivity (Wildman–Crippen MR) is 92.1 cm³/mol. The first-order chi connectivity index (χ1) is 11.1. The molecule has 2 heterocycles. The van der Waals surface area contributed by atoms with Crippen LogP contribution in [0.5, 0.6) is 5.75 Å². The molecule has 120 valence electrons. The van der Waals surface area contributed by atoms with Crippen molar-refractivity contribution in [3.63, 3.8) is 0 Å². The Morgan fingerprint density at radius 2 is 2.26 bits per heavy atom. The number of thiophene rings is 1. The second-order valence-electron chi connectivity index (χ2n) is 5.31. The van der Waals surface area contributed by atoms with E-state index in [1.54, 1.807) is 24.8 Å². The molecule has 0 aliphatic carbocycles. The standard InChI is InChI=1S/C17H19N3O2S/c1-4-12-7-11(9-23-12)17(21)18-8-13-15(22-3)6-5-14-16(13)20(2)10-19-14/h5-7,9-10H,4,8H2,1-3H3,(H,18,21). The zero-order chi connectivity index (χ0) is 16.4. The van der Waals surface area contributed by atoms with Crippen LogP contribution in [0.1, 0.15) is 27.7 Å². The molecule has 0 aliphatic rings. The highest BCUT2D eigenvalue weighted by Crippen LogP contribution is 2.27. The minimum Gasteiger partial charge on any atom is -0.496 e. The van der Waals surface area contributed by atoms with Crippen LogP contribution in [0, 0.1) is 0 Å². The smallest absolute Gasteiger partial charge is 0.252 e. The van der Waals surface area contributed by atoms with Gasteiger partial charge in [0.15, 0.2) is 0 Å².